The molecule has 0 spiro atoms. The Balaban J connectivity index is 2.81. The van der Waals surface area contributed by atoms with Gasteiger partial charge in [0.25, 0.3) is 0 Å². The van der Waals surface area contributed by atoms with E-state index in [-0.39, 0.29) is 12.1 Å². The number of hydrogen-bond acceptors (Lipinski definition) is 4. The van der Waals surface area contributed by atoms with Crippen molar-refractivity contribution in [2.24, 2.45) is 5.84 Å². The number of hydrazine groups is 1. The van der Waals surface area contributed by atoms with Gasteiger partial charge in [-0.2, -0.15) is 0 Å². The van der Waals surface area contributed by atoms with E-state index in [0.29, 0.717) is 0 Å². The molecule has 0 amide bonds. The molecule has 0 aromatic carbocycles. The predicted molar refractivity (Wildman–Crippen MR) is 69.4 cm³/mol. The van der Waals surface area contributed by atoms with Gasteiger partial charge >= 0.3 is 0 Å². The zero-order chi connectivity index (χ0) is 12.0. The van der Waals surface area contributed by atoms with Crippen LogP contribution >= 0.6 is 11.3 Å². The minimum Gasteiger partial charge on any atom is -0.376 e. The van der Waals surface area contributed by atoms with E-state index in [2.05, 4.69) is 30.7 Å². The van der Waals surface area contributed by atoms with E-state index < -0.39 is 0 Å². The minimum absolute atomic E-state index is 0.111. The van der Waals surface area contributed by atoms with Gasteiger partial charge < -0.3 is 4.74 Å². The molecule has 0 fully saturated rings. The summed E-state index contributed by atoms with van der Waals surface area (Å²) in [6.45, 7) is 7.04. The van der Waals surface area contributed by atoms with E-state index in [1.807, 2.05) is 6.92 Å². The fourth-order valence-electron chi connectivity index (χ4n) is 1.90. The number of hydrogen-bond donors (Lipinski definition) is 2. The molecule has 4 heteroatoms. The van der Waals surface area contributed by atoms with Crippen molar-refractivity contribution in [3.05, 3.63) is 21.9 Å². The van der Waals surface area contributed by atoms with Crippen LogP contribution < -0.4 is 11.3 Å². The summed E-state index contributed by atoms with van der Waals surface area (Å²) in [6, 6.07) is 2.24. The van der Waals surface area contributed by atoms with Crippen molar-refractivity contribution in [2.45, 2.75) is 45.8 Å². The standard InChI is InChI=1S/C12H22N2OS/c1-4-6-10(15-5-2)11(14-13)12-9(3)7-8-16-12/h7-8,10-11,14H,4-6,13H2,1-3H3. The number of aryl methyl sites for hydroxylation is 1. The summed E-state index contributed by atoms with van der Waals surface area (Å²) < 4.78 is 5.78. The number of thiophene rings is 1. The van der Waals surface area contributed by atoms with E-state index in [9.17, 15) is 0 Å². The van der Waals surface area contributed by atoms with Crippen molar-refractivity contribution in [2.75, 3.05) is 6.61 Å². The van der Waals surface area contributed by atoms with Crippen LogP contribution in [-0.2, 0) is 4.74 Å². The van der Waals surface area contributed by atoms with E-state index in [1.54, 1.807) is 11.3 Å². The topological polar surface area (TPSA) is 47.3 Å². The maximum Gasteiger partial charge on any atom is 0.0817 e. The molecule has 3 N–H and O–H groups in total. The first-order valence-electron chi connectivity index (χ1n) is 5.86. The molecular formula is C12H22N2OS. The molecule has 1 aromatic rings. The van der Waals surface area contributed by atoms with Crippen molar-refractivity contribution in [3.63, 3.8) is 0 Å². The monoisotopic (exact) mass is 242 g/mol. The third kappa shape index (κ3) is 3.28. The quantitative estimate of drug-likeness (QED) is 0.571. The smallest absolute Gasteiger partial charge is 0.0817 e. The molecule has 2 atom stereocenters. The Morgan fingerprint density at radius 3 is 2.69 bits per heavy atom. The molecule has 16 heavy (non-hydrogen) atoms. The highest BCUT2D eigenvalue weighted by Crippen LogP contribution is 2.29. The zero-order valence-electron chi connectivity index (χ0n) is 10.3. The number of rotatable bonds is 7. The summed E-state index contributed by atoms with van der Waals surface area (Å²) >= 11 is 1.74. The molecule has 3 nitrogen and oxygen atoms in total. The summed E-state index contributed by atoms with van der Waals surface area (Å²) in [4.78, 5) is 1.29. The van der Waals surface area contributed by atoms with Crippen LogP contribution in [0.1, 0.15) is 43.2 Å². The molecule has 0 radical (unpaired) electrons. The van der Waals surface area contributed by atoms with Crippen LogP contribution in [0.5, 0.6) is 0 Å². The van der Waals surface area contributed by atoms with E-state index in [0.717, 1.165) is 19.4 Å². The molecule has 1 rings (SSSR count). The fraction of sp³-hybridized carbons (Fsp3) is 0.667. The summed E-state index contributed by atoms with van der Waals surface area (Å²) in [6.07, 6.45) is 2.30. The highest BCUT2D eigenvalue weighted by Gasteiger charge is 2.24. The zero-order valence-corrected chi connectivity index (χ0v) is 11.1. The van der Waals surface area contributed by atoms with Gasteiger partial charge in [-0.3, -0.25) is 5.84 Å². The first-order valence-corrected chi connectivity index (χ1v) is 6.74. The first kappa shape index (κ1) is 13.6. The summed E-state index contributed by atoms with van der Waals surface area (Å²) in [5.74, 6) is 5.67. The minimum atomic E-state index is 0.111. The second-order valence-electron chi connectivity index (χ2n) is 3.89. The highest BCUT2D eigenvalue weighted by molar-refractivity contribution is 7.10. The Kier molecular flexibility index (Phi) is 5.98. The van der Waals surface area contributed by atoms with Crippen LogP contribution in [0.4, 0.5) is 0 Å². The Morgan fingerprint density at radius 1 is 1.50 bits per heavy atom. The lowest BCUT2D eigenvalue weighted by atomic mass is 10.0. The molecular weight excluding hydrogens is 220 g/mol. The van der Waals surface area contributed by atoms with Gasteiger partial charge in [0.1, 0.15) is 0 Å². The molecule has 0 saturated carbocycles. The first-order chi connectivity index (χ1) is 7.74. The van der Waals surface area contributed by atoms with Crippen molar-refractivity contribution < 1.29 is 4.74 Å². The number of nitrogens with two attached hydrogens (primary N) is 1. The fourth-order valence-corrected chi connectivity index (χ4v) is 2.94. The molecule has 1 aromatic heterocycles. The molecule has 1 heterocycles. The Bertz CT molecular complexity index is 295. The van der Waals surface area contributed by atoms with Crippen molar-refractivity contribution in [1.82, 2.24) is 5.43 Å². The van der Waals surface area contributed by atoms with Gasteiger partial charge in [-0.25, -0.2) is 5.43 Å². The number of nitrogens with one attached hydrogen (secondary N) is 1. The van der Waals surface area contributed by atoms with Crippen molar-refractivity contribution in [3.8, 4) is 0 Å². The molecule has 0 bridgehead atoms. The molecule has 0 aliphatic heterocycles. The highest BCUT2D eigenvalue weighted by atomic mass is 32.1. The Labute approximate surface area is 102 Å². The summed E-state index contributed by atoms with van der Waals surface area (Å²) in [5.41, 5.74) is 4.19. The van der Waals surface area contributed by atoms with Crippen LogP contribution in [0, 0.1) is 6.92 Å². The Morgan fingerprint density at radius 2 is 2.25 bits per heavy atom. The van der Waals surface area contributed by atoms with Crippen LogP contribution in [0.2, 0.25) is 0 Å². The van der Waals surface area contributed by atoms with Gasteiger partial charge in [0.05, 0.1) is 12.1 Å². The normalized spacial score (nSPS) is 15.0. The second-order valence-corrected chi connectivity index (χ2v) is 4.84. The lowest BCUT2D eigenvalue weighted by molar-refractivity contribution is 0.0283. The van der Waals surface area contributed by atoms with Crippen LogP contribution in [0.25, 0.3) is 0 Å². The maximum absolute atomic E-state index is 5.78. The van der Waals surface area contributed by atoms with Gasteiger partial charge in [-0.05, 0) is 37.3 Å². The van der Waals surface area contributed by atoms with Crippen LogP contribution in [0.15, 0.2) is 11.4 Å². The van der Waals surface area contributed by atoms with Crippen LogP contribution in [0.3, 0.4) is 0 Å². The van der Waals surface area contributed by atoms with Gasteiger partial charge in [0, 0.05) is 11.5 Å². The lowest BCUT2D eigenvalue weighted by Crippen LogP contribution is -2.38. The van der Waals surface area contributed by atoms with Gasteiger partial charge in [0.15, 0.2) is 0 Å². The molecule has 0 saturated heterocycles. The Hall–Kier alpha value is -0.420. The van der Waals surface area contributed by atoms with Crippen molar-refractivity contribution >= 4 is 11.3 Å². The average molecular weight is 242 g/mol. The maximum atomic E-state index is 5.78. The third-order valence-corrected chi connectivity index (χ3v) is 3.79. The number of ether oxygens (including phenoxy) is 1. The summed E-state index contributed by atoms with van der Waals surface area (Å²) in [7, 11) is 0. The lowest BCUT2D eigenvalue weighted by Gasteiger charge is -2.26. The molecule has 0 aliphatic rings. The van der Waals surface area contributed by atoms with E-state index in [1.165, 1.54) is 10.4 Å². The summed E-state index contributed by atoms with van der Waals surface area (Å²) in [5, 5.41) is 2.10. The van der Waals surface area contributed by atoms with Crippen molar-refractivity contribution in [1.29, 1.82) is 0 Å². The second kappa shape index (κ2) is 7.01. The van der Waals surface area contributed by atoms with Gasteiger partial charge in [0.2, 0.25) is 0 Å². The van der Waals surface area contributed by atoms with Crippen LogP contribution in [-0.4, -0.2) is 12.7 Å². The van der Waals surface area contributed by atoms with E-state index >= 15 is 0 Å². The largest absolute Gasteiger partial charge is 0.376 e. The SMILES string of the molecule is CCCC(OCC)C(NN)c1sccc1C. The predicted octanol–water partition coefficient (Wildman–Crippen LogP) is 2.77. The third-order valence-electron chi connectivity index (χ3n) is 2.69. The molecule has 2 unspecified atom stereocenters. The van der Waals surface area contributed by atoms with Gasteiger partial charge in [-0.1, -0.05) is 13.3 Å². The van der Waals surface area contributed by atoms with E-state index in [4.69, 9.17) is 10.6 Å². The molecule has 0 aliphatic carbocycles. The van der Waals surface area contributed by atoms with Gasteiger partial charge in [-0.15, -0.1) is 11.3 Å². The average Bonchev–Trinajstić information content (AvgIpc) is 2.67. The molecule has 92 valence electrons.